The molecule has 0 spiro atoms. The number of hydrogen-bond acceptors (Lipinski definition) is 6. The van der Waals surface area contributed by atoms with Gasteiger partial charge in [0.05, 0.1) is 40.4 Å². The third-order valence-corrected chi connectivity index (χ3v) is 3.70. The van der Waals surface area contributed by atoms with E-state index >= 15 is 0 Å². The summed E-state index contributed by atoms with van der Waals surface area (Å²) in [5.41, 5.74) is 3.55. The summed E-state index contributed by atoms with van der Waals surface area (Å²) >= 11 is 4.36. The fourth-order valence-corrected chi connectivity index (χ4v) is 2.41. The maximum absolute atomic E-state index is 8.94. The first-order chi connectivity index (χ1) is 11.1. The minimum absolute atomic E-state index is 0.337. The molecule has 1 atom stereocenters. The Morgan fingerprint density at radius 3 is 2.83 bits per heavy atom. The number of pyridine rings is 1. The lowest BCUT2D eigenvalue weighted by atomic mass is 10.2. The molecular weight excluding hydrogens is 308 g/mol. The van der Waals surface area contributed by atoms with E-state index in [-0.39, 0.29) is 6.04 Å². The average Bonchev–Trinajstić information content (AvgIpc) is 2.99. The fourth-order valence-electron chi connectivity index (χ4n) is 2.22. The van der Waals surface area contributed by atoms with Crippen molar-refractivity contribution in [3.8, 4) is 23.5 Å². The van der Waals surface area contributed by atoms with Crippen LogP contribution in [0.3, 0.4) is 0 Å². The van der Waals surface area contributed by atoms with Gasteiger partial charge in [-0.15, -0.1) is 12.6 Å². The van der Waals surface area contributed by atoms with Crippen molar-refractivity contribution in [3.63, 3.8) is 0 Å². The van der Waals surface area contributed by atoms with Gasteiger partial charge in [0.2, 0.25) is 0 Å². The highest BCUT2D eigenvalue weighted by atomic mass is 32.1. The molecule has 0 aliphatic rings. The van der Waals surface area contributed by atoms with Crippen molar-refractivity contribution < 1.29 is 0 Å². The lowest BCUT2D eigenvalue weighted by molar-refractivity contribution is 0.937. The number of hydrogen-bond donors (Lipinski definition) is 2. The monoisotopic (exact) mass is 320 g/mol. The topological polar surface area (TPSA) is 89.8 Å². The molecule has 3 aromatic heterocycles. The quantitative estimate of drug-likeness (QED) is 0.724. The summed E-state index contributed by atoms with van der Waals surface area (Å²) in [7, 11) is 0. The molecule has 0 saturated carbocycles. The van der Waals surface area contributed by atoms with Gasteiger partial charge in [0.15, 0.2) is 0 Å². The number of fused-ring (bicyclic) bond motifs is 1. The molecule has 0 saturated heterocycles. The molecular formula is C16H12N6S. The van der Waals surface area contributed by atoms with E-state index in [1.807, 2.05) is 18.2 Å². The molecule has 0 fully saturated rings. The van der Waals surface area contributed by atoms with Gasteiger partial charge in [-0.2, -0.15) is 15.6 Å². The Labute approximate surface area is 138 Å². The normalized spacial score (nSPS) is 11.7. The van der Waals surface area contributed by atoms with E-state index < -0.39 is 0 Å². The predicted molar refractivity (Wildman–Crippen MR) is 89.1 cm³/mol. The number of aromatic nitrogens is 3. The third kappa shape index (κ3) is 2.83. The van der Waals surface area contributed by atoms with Crippen molar-refractivity contribution in [2.45, 2.75) is 17.9 Å². The molecule has 0 radical (unpaired) electrons. The van der Waals surface area contributed by atoms with Crippen LogP contribution in [0.1, 0.15) is 12.5 Å². The Morgan fingerprint density at radius 2 is 2.09 bits per heavy atom. The maximum atomic E-state index is 8.94. The summed E-state index contributed by atoms with van der Waals surface area (Å²) in [5.74, 6) is 0. The van der Waals surface area contributed by atoms with Crippen molar-refractivity contribution >= 4 is 23.8 Å². The third-order valence-electron chi connectivity index (χ3n) is 3.34. The van der Waals surface area contributed by atoms with Crippen LogP contribution in [0.15, 0.2) is 41.6 Å². The van der Waals surface area contributed by atoms with Crippen LogP contribution in [0.5, 0.6) is 0 Å². The Morgan fingerprint density at radius 1 is 1.26 bits per heavy atom. The van der Waals surface area contributed by atoms with Crippen molar-refractivity contribution in [2.75, 3.05) is 5.32 Å². The van der Waals surface area contributed by atoms with Crippen LogP contribution in [-0.2, 0) is 0 Å². The van der Waals surface area contributed by atoms with E-state index in [9.17, 15) is 0 Å². The second-order valence-corrected chi connectivity index (χ2v) is 5.47. The van der Waals surface area contributed by atoms with Gasteiger partial charge in [0.1, 0.15) is 12.1 Å². The highest BCUT2D eigenvalue weighted by molar-refractivity contribution is 7.80. The number of thiol groups is 1. The Kier molecular flexibility index (Phi) is 3.88. The summed E-state index contributed by atoms with van der Waals surface area (Å²) in [6.45, 7) is 1.77. The summed E-state index contributed by atoms with van der Waals surface area (Å²) < 4.78 is 1.72. The smallest absolute Gasteiger partial charge is 0.111 e. The first-order valence-corrected chi connectivity index (χ1v) is 7.30. The summed E-state index contributed by atoms with van der Waals surface area (Å²) in [4.78, 5) is 5.05. The van der Waals surface area contributed by atoms with Gasteiger partial charge in [-0.3, -0.25) is 4.98 Å². The first-order valence-electron chi connectivity index (χ1n) is 6.86. The molecule has 0 unspecified atom stereocenters. The van der Waals surface area contributed by atoms with Crippen molar-refractivity contribution in [1.29, 1.82) is 10.5 Å². The zero-order valence-corrected chi connectivity index (χ0v) is 13.1. The largest absolute Gasteiger partial charge is 0.369 e. The molecule has 7 heteroatoms. The zero-order valence-electron chi connectivity index (χ0n) is 12.2. The molecule has 3 heterocycles. The van der Waals surface area contributed by atoms with E-state index in [2.05, 4.69) is 40.2 Å². The Hall–Kier alpha value is -3.03. The van der Waals surface area contributed by atoms with Crippen LogP contribution in [0, 0.1) is 22.7 Å². The minimum atomic E-state index is -0.337. The van der Waals surface area contributed by atoms with Crippen molar-refractivity contribution in [3.05, 3.63) is 42.2 Å². The highest BCUT2D eigenvalue weighted by Crippen LogP contribution is 2.27. The van der Waals surface area contributed by atoms with Gasteiger partial charge < -0.3 is 5.32 Å². The van der Waals surface area contributed by atoms with Gasteiger partial charge in [-0.25, -0.2) is 4.52 Å². The highest BCUT2D eigenvalue weighted by Gasteiger charge is 2.11. The van der Waals surface area contributed by atoms with E-state index in [4.69, 9.17) is 10.5 Å². The van der Waals surface area contributed by atoms with E-state index in [1.165, 1.54) is 6.20 Å². The number of nitriles is 2. The van der Waals surface area contributed by atoms with Crippen LogP contribution in [-0.4, -0.2) is 20.6 Å². The molecule has 3 aromatic rings. The summed E-state index contributed by atoms with van der Waals surface area (Å²) in [6.07, 6.45) is 3.15. The molecule has 0 aromatic carbocycles. The van der Waals surface area contributed by atoms with Crippen molar-refractivity contribution in [2.24, 2.45) is 0 Å². The first kappa shape index (κ1) is 14.9. The number of nitrogens with zero attached hydrogens (tertiary/aromatic N) is 5. The second-order valence-electron chi connectivity index (χ2n) is 4.99. The van der Waals surface area contributed by atoms with Gasteiger partial charge in [0.25, 0.3) is 0 Å². The lowest BCUT2D eigenvalue weighted by Crippen LogP contribution is -2.12. The maximum Gasteiger partial charge on any atom is 0.111 e. The minimum Gasteiger partial charge on any atom is -0.369 e. The molecule has 0 bridgehead atoms. The number of anilines is 1. The van der Waals surface area contributed by atoms with E-state index in [0.717, 1.165) is 16.9 Å². The fraction of sp³-hybridized carbons (Fsp3) is 0.125. The standard InChI is InChI=1S/C16H12N6S/c1-10(6-17)21-14-5-13(19-9-16(14)23)15-3-2-12-4-11(7-18)8-20-22(12)15/h2-5,8-10,23H,1H3,(H,19,21)/t10-/m1/s1. The molecule has 0 aliphatic carbocycles. The van der Waals surface area contributed by atoms with Crippen molar-refractivity contribution in [1.82, 2.24) is 14.6 Å². The molecule has 0 aliphatic heterocycles. The van der Waals surface area contributed by atoms with E-state index in [1.54, 1.807) is 23.7 Å². The van der Waals surface area contributed by atoms with Crippen LogP contribution < -0.4 is 5.32 Å². The van der Waals surface area contributed by atoms with Crippen LogP contribution in [0.25, 0.3) is 16.9 Å². The van der Waals surface area contributed by atoms with Gasteiger partial charge in [-0.1, -0.05) is 0 Å². The molecule has 3 rings (SSSR count). The van der Waals surface area contributed by atoms with Gasteiger partial charge >= 0.3 is 0 Å². The van der Waals surface area contributed by atoms with Gasteiger partial charge in [0, 0.05) is 11.1 Å². The second kappa shape index (κ2) is 5.99. The number of nitrogens with one attached hydrogen (secondary N) is 1. The Bertz CT molecular complexity index is 963. The SMILES string of the molecule is C[C@H](C#N)Nc1cc(-c2ccc3cc(C#N)cnn23)ncc1S. The molecule has 1 N–H and O–H groups in total. The van der Waals surface area contributed by atoms with Crippen LogP contribution >= 0.6 is 12.6 Å². The Balaban J connectivity index is 2.07. The van der Waals surface area contributed by atoms with Crippen LogP contribution in [0.4, 0.5) is 5.69 Å². The summed E-state index contributed by atoms with van der Waals surface area (Å²) in [5, 5.41) is 25.2. The molecule has 23 heavy (non-hydrogen) atoms. The zero-order chi connectivity index (χ0) is 16.4. The van der Waals surface area contributed by atoms with E-state index in [0.29, 0.717) is 16.2 Å². The molecule has 112 valence electrons. The van der Waals surface area contributed by atoms with Crippen LogP contribution in [0.2, 0.25) is 0 Å². The lowest BCUT2D eigenvalue weighted by Gasteiger charge is -2.11. The number of rotatable bonds is 3. The van der Waals surface area contributed by atoms with Gasteiger partial charge in [-0.05, 0) is 31.2 Å². The summed E-state index contributed by atoms with van der Waals surface area (Å²) in [6, 6.07) is 11.2. The predicted octanol–water partition coefficient (Wildman–Crippen LogP) is 2.88. The average molecular weight is 320 g/mol. The molecule has 0 amide bonds. The molecule has 6 nitrogen and oxygen atoms in total.